The highest BCUT2D eigenvalue weighted by atomic mass is 35.5. The van der Waals surface area contributed by atoms with Gasteiger partial charge in [0.1, 0.15) is 5.15 Å². The normalized spacial score (nSPS) is 18.0. The van der Waals surface area contributed by atoms with Crippen LogP contribution < -0.4 is 10.8 Å². The molecule has 0 spiro atoms. The Balaban J connectivity index is 1.27. The topological polar surface area (TPSA) is 135 Å². The number of hydrogen-bond acceptors (Lipinski definition) is 7. The van der Waals surface area contributed by atoms with Gasteiger partial charge in [-0.3, -0.25) is 14.8 Å². The number of benzene rings is 3. The zero-order chi connectivity index (χ0) is 31.8. The number of imidazole rings is 1. The number of hydrogen-bond donors (Lipinski definition) is 4. The molecule has 2 amide bonds. The monoisotopic (exact) mass is 652 g/mol. The van der Waals surface area contributed by atoms with Gasteiger partial charge in [0, 0.05) is 31.4 Å². The van der Waals surface area contributed by atoms with Crippen LogP contribution in [0.4, 0.5) is 0 Å². The van der Waals surface area contributed by atoms with Gasteiger partial charge in [-0.25, -0.2) is 10.5 Å². The molecule has 1 aliphatic heterocycles. The number of aliphatic hydroxyl groups excluding tert-OH is 1. The first kappa shape index (κ1) is 32.6. The van der Waals surface area contributed by atoms with Crippen LogP contribution in [-0.4, -0.2) is 37.8 Å². The van der Waals surface area contributed by atoms with Crippen LogP contribution in [-0.2, 0) is 38.8 Å². The van der Waals surface area contributed by atoms with Gasteiger partial charge in [0.15, 0.2) is 11.4 Å². The summed E-state index contributed by atoms with van der Waals surface area (Å²) >= 11 is 12.4. The maximum Gasteiger partial charge on any atom is 0.243 e. The molecule has 12 heteroatoms. The number of amides is 2. The lowest BCUT2D eigenvalue weighted by Crippen LogP contribution is -2.32. The summed E-state index contributed by atoms with van der Waals surface area (Å²) in [5, 5.41) is 21.5. The third kappa shape index (κ3) is 8.70. The second-order valence-corrected chi connectivity index (χ2v) is 11.5. The summed E-state index contributed by atoms with van der Waals surface area (Å²) in [6.45, 7) is 0.773. The molecule has 4 aromatic rings. The Kier molecular flexibility index (Phi) is 11.2. The number of carbonyl (C=O) groups is 2. The van der Waals surface area contributed by atoms with Crippen molar-refractivity contribution < 1.29 is 29.4 Å². The van der Waals surface area contributed by atoms with Gasteiger partial charge in [0.25, 0.3) is 0 Å². The van der Waals surface area contributed by atoms with Gasteiger partial charge in [-0.05, 0) is 40.3 Å². The van der Waals surface area contributed by atoms with Crippen LogP contribution in [0.2, 0.25) is 10.3 Å². The van der Waals surface area contributed by atoms with E-state index in [0.717, 1.165) is 33.4 Å². The Morgan fingerprint density at radius 3 is 2.33 bits per heavy atom. The average Bonchev–Trinajstić information content (AvgIpc) is 3.39. The third-order valence-electron chi connectivity index (χ3n) is 7.61. The van der Waals surface area contributed by atoms with E-state index in [1.807, 2.05) is 72.8 Å². The molecule has 3 atom stereocenters. The molecule has 2 heterocycles. The van der Waals surface area contributed by atoms with E-state index in [1.165, 1.54) is 0 Å². The largest absolute Gasteiger partial charge is 0.392 e. The van der Waals surface area contributed by atoms with Crippen molar-refractivity contribution in [1.82, 2.24) is 20.3 Å². The van der Waals surface area contributed by atoms with Crippen molar-refractivity contribution in [2.45, 2.75) is 63.9 Å². The molecule has 1 aromatic heterocycles. The van der Waals surface area contributed by atoms with Crippen LogP contribution in [0.3, 0.4) is 0 Å². The van der Waals surface area contributed by atoms with Gasteiger partial charge in [-0.15, -0.1) is 0 Å². The predicted octanol–water partition coefficient (Wildman–Crippen LogP) is 5.89. The van der Waals surface area contributed by atoms with Gasteiger partial charge < -0.3 is 24.5 Å². The van der Waals surface area contributed by atoms with E-state index in [1.54, 1.807) is 16.4 Å². The van der Waals surface area contributed by atoms with Crippen molar-refractivity contribution >= 4 is 35.0 Å². The number of carbonyl (C=O) groups excluding carboxylic acids is 2. The van der Waals surface area contributed by atoms with Crippen molar-refractivity contribution in [1.29, 1.82) is 0 Å². The minimum atomic E-state index is -0.636. The van der Waals surface area contributed by atoms with Crippen molar-refractivity contribution in [2.75, 3.05) is 0 Å². The van der Waals surface area contributed by atoms with Crippen LogP contribution in [0, 0.1) is 0 Å². The molecule has 0 saturated carbocycles. The number of nitrogens with one attached hydrogen (secondary N) is 2. The van der Waals surface area contributed by atoms with Crippen LogP contribution in [0.15, 0.2) is 79.1 Å². The molecule has 4 N–H and O–H groups in total. The summed E-state index contributed by atoms with van der Waals surface area (Å²) in [5.41, 5.74) is 7.14. The van der Waals surface area contributed by atoms with E-state index in [9.17, 15) is 14.7 Å². The number of ether oxygens (including phenoxy) is 2. The van der Waals surface area contributed by atoms with E-state index >= 15 is 0 Å². The fraction of sp³-hybridized carbons (Fsp3) is 0.303. The Hall–Kier alpha value is -3.77. The second-order valence-electron chi connectivity index (χ2n) is 10.8. The molecular weight excluding hydrogens is 619 g/mol. The number of aromatic nitrogens is 2. The fourth-order valence-electron chi connectivity index (χ4n) is 5.17. The molecule has 5 rings (SSSR count). The van der Waals surface area contributed by atoms with Crippen LogP contribution in [0.25, 0.3) is 11.1 Å². The molecule has 1 aliphatic rings. The lowest BCUT2D eigenvalue weighted by Gasteiger charge is -2.36. The maximum absolute atomic E-state index is 12.2. The van der Waals surface area contributed by atoms with Crippen LogP contribution >= 0.6 is 23.2 Å². The van der Waals surface area contributed by atoms with E-state index < -0.39 is 12.2 Å². The van der Waals surface area contributed by atoms with E-state index in [-0.39, 0.29) is 42.7 Å². The molecule has 10 nitrogen and oxygen atoms in total. The molecule has 236 valence electrons. The maximum atomic E-state index is 12.2. The summed E-state index contributed by atoms with van der Waals surface area (Å²) < 4.78 is 14.6. The first-order valence-electron chi connectivity index (χ1n) is 14.6. The Labute approximate surface area is 270 Å². The highest BCUT2D eigenvalue weighted by molar-refractivity contribution is 6.40. The smallest absolute Gasteiger partial charge is 0.243 e. The Morgan fingerprint density at radius 2 is 1.64 bits per heavy atom. The summed E-state index contributed by atoms with van der Waals surface area (Å²) in [6, 6.07) is 23.6. The minimum Gasteiger partial charge on any atom is -0.392 e. The van der Waals surface area contributed by atoms with Crippen molar-refractivity contribution in [3.8, 4) is 11.1 Å². The standard InChI is InChI=1S/C33H34Cl2N4O6/c34-31-32(35)39(20-37-31)18-27-16-28(24-9-7-21(19-40)8-10-24)45-33(44-27)25-13-11-23(12-14-25)26-4-1-3-22(15-26)17-36-29(41)5-2-6-30(42)38-43/h1,3-4,7-15,20,27-28,33,40,43H,2,5-6,16-19H2,(H,36,41)(H,38,42)/t27-,28+,33+/m1/s1. The summed E-state index contributed by atoms with van der Waals surface area (Å²) in [5.74, 6) is -0.677. The van der Waals surface area contributed by atoms with Gasteiger partial charge in [-0.2, -0.15) is 0 Å². The molecule has 0 unspecified atom stereocenters. The Bertz CT molecular complexity index is 1600. The molecule has 1 saturated heterocycles. The van der Waals surface area contributed by atoms with Gasteiger partial charge in [0.2, 0.25) is 11.8 Å². The lowest BCUT2D eigenvalue weighted by molar-refractivity contribution is -0.252. The SMILES string of the molecule is O=C(CCCC(=O)NCc1cccc(-c2ccc([C@H]3O[C@@H](Cn4cnc(Cl)c4Cl)C[C@@H](c4ccc(CO)cc4)O3)cc2)c1)NO. The Morgan fingerprint density at radius 1 is 0.911 bits per heavy atom. The number of halogens is 2. The zero-order valence-electron chi connectivity index (χ0n) is 24.4. The molecule has 0 radical (unpaired) electrons. The number of rotatable bonds is 12. The number of nitrogens with zero attached hydrogens (tertiary/aromatic N) is 2. The summed E-state index contributed by atoms with van der Waals surface area (Å²) in [4.78, 5) is 27.4. The first-order chi connectivity index (χ1) is 21.8. The highest BCUT2D eigenvalue weighted by Gasteiger charge is 2.33. The summed E-state index contributed by atoms with van der Waals surface area (Å²) in [6.07, 6.45) is 1.67. The highest BCUT2D eigenvalue weighted by Crippen LogP contribution is 2.39. The van der Waals surface area contributed by atoms with E-state index in [4.69, 9.17) is 37.9 Å². The van der Waals surface area contributed by atoms with Gasteiger partial charge >= 0.3 is 0 Å². The molecule has 1 fully saturated rings. The average molecular weight is 654 g/mol. The zero-order valence-corrected chi connectivity index (χ0v) is 25.9. The summed E-state index contributed by atoms with van der Waals surface area (Å²) in [7, 11) is 0. The lowest BCUT2D eigenvalue weighted by atomic mass is 9.99. The number of aliphatic hydroxyl groups is 1. The fourth-order valence-corrected chi connectivity index (χ4v) is 5.48. The quantitative estimate of drug-likeness (QED) is 0.111. The van der Waals surface area contributed by atoms with E-state index in [0.29, 0.717) is 31.1 Å². The van der Waals surface area contributed by atoms with E-state index in [2.05, 4.69) is 10.3 Å². The predicted molar refractivity (Wildman–Crippen MR) is 168 cm³/mol. The second kappa shape index (κ2) is 15.5. The number of hydroxylamine groups is 1. The molecule has 0 bridgehead atoms. The molecule has 3 aromatic carbocycles. The molecular formula is C33H34Cl2N4O6. The van der Waals surface area contributed by atoms with Crippen molar-refractivity contribution in [3.05, 3.63) is 112 Å². The third-order valence-corrected chi connectivity index (χ3v) is 8.38. The van der Waals surface area contributed by atoms with Gasteiger partial charge in [-0.1, -0.05) is 89.9 Å². The molecule has 45 heavy (non-hydrogen) atoms. The van der Waals surface area contributed by atoms with Crippen molar-refractivity contribution in [2.24, 2.45) is 0 Å². The van der Waals surface area contributed by atoms with Crippen molar-refractivity contribution in [3.63, 3.8) is 0 Å². The minimum absolute atomic E-state index is 0.0304. The first-order valence-corrected chi connectivity index (χ1v) is 15.3. The van der Waals surface area contributed by atoms with Crippen LogP contribution in [0.1, 0.15) is 60.3 Å². The molecule has 0 aliphatic carbocycles. The van der Waals surface area contributed by atoms with Crippen LogP contribution in [0.5, 0.6) is 0 Å². The van der Waals surface area contributed by atoms with Gasteiger partial charge in [0.05, 0.1) is 31.7 Å².